The van der Waals surface area contributed by atoms with Gasteiger partial charge in [0.1, 0.15) is 5.92 Å². The number of fused-ring (bicyclic) bond motifs is 1. The lowest BCUT2D eigenvalue weighted by Crippen LogP contribution is -2.49. The molecule has 27 heavy (non-hydrogen) atoms. The highest BCUT2D eigenvalue weighted by Gasteiger charge is 2.34. The summed E-state index contributed by atoms with van der Waals surface area (Å²) in [5, 5.41) is 0. The van der Waals surface area contributed by atoms with E-state index < -0.39 is 0 Å². The second-order valence-electron chi connectivity index (χ2n) is 7.89. The van der Waals surface area contributed by atoms with Crippen molar-refractivity contribution >= 4 is 5.97 Å². The lowest BCUT2D eigenvalue weighted by molar-refractivity contribution is -0.147. The third-order valence-electron chi connectivity index (χ3n) is 6.17. The van der Waals surface area contributed by atoms with Crippen LogP contribution >= 0.6 is 0 Å². The topological polar surface area (TPSA) is 29.5 Å². The molecule has 0 radical (unpaired) electrons. The lowest BCUT2D eigenvalue weighted by Gasteiger charge is -2.44. The molecule has 0 amide bonds. The van der Waals surface area contributed by atoms with E-state index in [2.05, 4.69) is 4.90 Å². The highest BCUT2D eigenvalue weighted by atomic mass is 16.5. The molecule has 2 aliphatic rings. The van der Waals surface area contributed by atoms with Crippen molar-refractivity contribution in [3.63, 3.8) is 0 Å². The molecule has 0 aromatic heterocycles. The van der Waals surface area contributed by atoms with Crippen molar-refractivity contribution in [2.24, 2.45) is 5.92 Å². The van der Waals surface area contributed by atoms with Crippen LogP contribution in [0.1, 0.15) is 49.1 Å². The minimum Gasteiger partial charge on any atom is -0.465 e. The van der Waals surface area contributed by atoms with Crippen molar-refractivity contribution in [1.29, 1.82) is 0 Å². The Kier molecular flexibility index (Phi) is 5.88. The Hall–Kier alpha value is -2.13. The number of benzene rings is 2. The van der Waals surface area contributed by atoms with Gasteiger partial charge in [0, 0.05) is 12.0 Å². The van der Waals surface area contributed by atoms with Gasteiger partial charge in [-0.3, -0.25) is 9.69 Å². The van der Waals surface area contributed by atoms with E-state index in [9.17, 15) is 4.79 Å². The van der Waals surface area contributed by atoms with E-state index in [-0.39, 0.29) is 11.9 Å². The predicted molar refractivity (Wildman–Crippen MR) is 108 cm³/mol. The molecule has 4 rings (SSSR count). The summed E-state index contributed by atoms with van der Waals surface area (Å²) in [7, 11) is 0. The van der Waals surface area contributed by atoms with Crippen molar-refractivity contribution in [1.82, 2.24) is 4.90 Å². The third-order valence-corrected chi connectivity index (χ3v) is 6.17. The molecule has 142 valence electrons. The summed E-state index contributed by atoms with van der Waals surface area (Å²) in [6.45, 7) is 2.98. The molecular formula is C24H29NO2. The van der Waals surface area contributed by atoms with Crippen molar-refractivity contribution in [2.45, 2.75) is 44.1 Å². The van der Waals surface area contributed by atoms with Gasteiger partial charge in [0.05, 0.1) is 6.61 Å². The quantitative estimate of drug-likeness (QED) is 0.726. The van der Waals surface area contributed by atoms with Crippen LogP contribution in [0.4, 0.5) is 0 Å². The average Bonchev–Trinajstić information content (AvgIpc) is 2.74. The Morgan fingerprint density at radius 1 is 0.889 bits per heavy atom. The second kappa shape index (κ2) is 8.71. The van der Waals surface area contributed by atoms with E-state index in [0.29, 0.717) is 18.6 Å². The van der Waals surface area contributed by atoms with Gasteiger partial charge in [-0.15, -0.1) is 0 Å². The van der Waals surface area contributed by atoms with Crippen molar-refractivity contribution in [3.8, 4) is 0 Å². The van der Waals surface area contributed by atoms with Gasteiger partial charge >= 0.3 is 5.97 Å². The Morgan fingerprint density at radius 2 is 1.52 bits per heavy atom. The number of hydrogen-bond acceptors (Lipinski definition) is 3. The van der Waals surface area contributed by atoms with Crippen molar-refractivity contribution < 1.29 is 9.53 Å². The molecule has 2 atom stereocenters. The molecule has 2 saturated heterocycles. The standard InChI is InChI=1S/C24H29NO2/c26-24(27-18-21-14-9-17-25-16-8-7-15-22(21)25)23(19-10-3-1-4-11-19)20-12-5-2-6-13-20/h1-6,10-13,21-23H,7-9,14-18H2/t21-,22+/m0/s1. The van der Waals surface area contributed by atoms with E-state index in [1.54, 1.807) is 0 Å². The summed E-state index contributed by atoms with van der Waals surface area (Å²) in [6, 6.07) is 20.6. The van der Waals surface area contributed by atoms with Gasteiger partial charge in [0.2, 0.25) is 0 Å². The summed E-state index contributed by atoms with van der Waals surface area (Å²) in [5.74, 6) is 0.00831. The van der Waals surface area contributed by atoms with E-state index in [0.717, 1.165) is 11.1 Å². The monoisotopic (exact) mass is 363 g/mol. The van der Waals surface area contributed by atoms with Crippen LogP contribution < -0.4 is 0 Å². The SMILES string of the molecule is O=C(OC[C@@H]1CCCN2CCCC[C@H]12)C(c1ccccc1)c1ccccc1. The maximum Gasteiger partial charge on any atom is 0.317 e. The molecule has 0 saturated carbocycles. The molecule has 0 spiro atoms. The van der Waals surface area contributed by atoms with Crippen LogP contribution in [-0.2, 0) is 9.53 Å². The van der Waals surface area contributed by atoms with Gasteiger partial charge in [0.15, 0.2) is 0 Å². The molecule has 2 fully saturated rings. The van der Waals surface area contributed by atoms with E-state index in [1.807, 2.05) is 60.7 Å². The van der Waals surface area contributed by atoms with Crippen LogP contribution in [0.3, 0.4) is 0 Å². The highest BCUT2D eigenvalue weighted by molar-refractivity contribution is 5.82. The van der Waals surface area contributed by atoms with Gasteiger partial charge in [-0.25, -0.2) is 0 Å². The largest absolute Gasteiger partial charge is 0.465 e. The van der Waals surface area contributed by atoms with Gasteiger partial charge in [-0.1, -0.05) is 67.1 Å². The molecule has 0 unspecified atom stereocenters. The molecule has 2 aromatic carbocycles. The number of esters is 1. The normalized spacial score (nSPS) is 23.0. The van der Waals surface area contributed by atoms with Crippen LogP contribution in [0.25, 0.3) is 0 Å². The van der Waals surface area contributed by atoms with Gasteiger partial charge in [-0.05, 0) is 49.9 Å². The minimum atomic E-state index is -0.349. The Balaban J connectivity index is 1.47. The summed E-state index contributed by atoms with van der Waals surface area (Å²) >= 11 is 0. The van der Waals surface area contributed by atoms with Crippen LogP contribution in [0.15, 0.2) is 60.7 Å². The number of ether oxygens (including phenoxy) is 1. The number of carbonyl (C=O) groups is 1. The highest BCUT2D eigenvalue weighted by Crippen LogP contribution is 2.32. The van der Waals surface area contributed by atoms with Crippen LogP contribution in [0.5, 0.6) is 0 Å². The zero-order valence-corrected chi connectivity index (χ0v) is 15.9. The zero-order chi connectivity index (χ0) is 18.5. The van der Waals surface area contributed by atoms with Gasteiger partial charge in [-0.2, -0.15) is 0 Å². The summed E-state index contributed by atoms with van der Waals surface area (Å²) in [6.07, 6.45) is 6.27. The maximum atomic E-state index is 13.1. The zero-order valence-electron chi connectivity index (χ0n) is 15.9. The fourth-order valence-electron chi connectivity index (χ4n) is 4.80. The van der Waals surface area contributed by atoms with E-state index in [1.165, 1.54) is 45.2 Å². The average molecular weight is 364 g/mol. The molecule has 0 bridgehead atoms. The second-order valence-corrected chi connectivity index (χ2v) is 7.89. The Morgan fingerprint density at radius 3 is 2.19 bits per heavy atom. The molecular weight excluding hydrogens is 334 g/mol. The number of nitrogens with zero attached hydrogens (tertiary/aromatic N) is 1. The number of rotatable bonds is 5. The summed E-state index contributed by atoms with van der Waals surface area (Å²) < 4.78 is 5.94. The smallest absolute Gasteiger partial charge is 0.317 e. The van der Waals surface area contributed by atoms with Crippen molar-refractivity contribution in [2.75, 3.05) is 19.7 Å². The summed E-state index contributed by atoms with van der Waals surface area (Å²) in [4.78, 5) is 15.7. The maximum absolute atomic E-state index is 13.1. The molecule has 0 aliphatic carbocycles. The number of hydrogen-bond donors (Lipinski definition) is 0. The van der Waals surface area contributed by atoms with Crippen LogP contribution in [-0.4, -0.2) is 36.6 Å². The lowest BCUT2D eigenvalue weighted by atomic mass is 9.84. The predicted octanol–water partition coefficient (Wildman–Crippen LogP) is 4.63. The fraction of sp³-hybridized carbons (Fsp3) is 0.458. The molecule has 3 nitrogen and oxygen atoms in total. The van der Waals surface area contributed by atoms with E-state index in [4.69, 9.17) is 4.74 Å². The van der Waals surface area contributed by atoms with Crippen LogP contribution in [0.2, 0.25) is 0 Å². The Labute approximate surface area is 162 Å². The molecule has 0 N–H and O–H groups in total. The van der Waals surface area contributed by atoms with Crippen LogP contribution in [0, 0.1) is 5.92 Å². The number of piperidine rings is 2. The first-order valence-corrected chi connectivity index (χ1v) is 10.3. The minimum absolute atomic E-state index is 0.125. The number of carbonyl (C=O) groups excluding carboxylic acids is 1. The molecule has 2 aliphatic heterocycles. The first kappa shape index (κ1) is 18.2. The van der Waals surface area contributed by atoms with Gasteiger partial charge in [0.25, 0.3) is 0 Å². The first-order valence-electron chi connectivity index (χ1n) is 10.3. The summed E-state index contributed by atoms with van der Waals surface area (Å²) in [5.41, 5.74) is 1.99. The Bertz CT molecular complexity index is 689. The first-order chi connectivity index (χ1) is 13.3. The molecule has 3 heteroatoms. The fourth-order valence-corrected chi connectivity index (χ4v) is 4.80. The van der Waals surface area contributed by atoms with Gasteiger partial charge < -0.3 is 4.74 Å². The third kappa shape index (κ3) is 4.24. The molecule has 2 heterocycles. The van der Waals surface area contributed by atoms with Crippen molar-refractivity contribution in [3.05, 3.63) is 71.8 Å². The molecule has 2 aromatic rings. The van der Waals surface area contributed by atoms with E-state index >= 15 is 0 Å².